The Labute approximate surface area is 132 Å². The molecule has 0 saturated carbocycles. The Hall–Kier alpha value is -1.75. The summed E-state index contributed by atoms with van der Waals surface area (Å²) < 4.78 is 11.5. The van der Waals surface area contributed by atoms with Crippen LogP contribution in [0.5, 0.6) is 5.75 Å². The average Bonchev–Trinajstić information content (AvgIpc) is 2.97. The van der Waals surface area contributed by atoms with Gasteiger partial charge < -0.3 is 14.5 Å². The molecule has 0 bridgehead atoms. The maximum atomic E-state index is 11.7. The van der Waals surface area contributed by atoms with Gasteiger partial charge in [-0.15, -0.1) is 0 Å². The number of nitrogens with one attached hydrogen (secondary N) is 1. The minimum absolute atomic E-state index is 0.0274. The predicted molar refractivity (Wildman–Crippen MR) is 84.3 cm³/mol. The Balaban J connectivity index is 1.83. The van der Waals surface area contributed by atoms with Crippen LogP contribution in [0.4, 0.5) is 0 Å². The van der Waals surface area contributed by atoms with E-state index in [0.29, 0.717) is 24.0 Å². The number of ether oxygens (including phenoxy) is 1. The SMILES string of the molecule is CC(C)c1ccc(OCC(=O)NCc2ccco2)c(Br)c1. The van der Waals surface area contributed by atoms with Gasteiger partial charge in [0, 0.05) is 0 Å². The lowest BCUT2D eigenvalue weighted by atomic mass is 10.0. The number of halogens is 1. The Kier molecular flexibility index (Phi) is 5.44. The number of carbonyl (C=O) groups is 1. The monoisotopic (exact) mass is 351 g/mol. The van der Waals surface area contributed by atoms with Crippen molar-refractivity contribution in [2.45, 2.75) is 26.3 Å². The third-order valence-electron chi connectivity index (χ3n) is 3.02. The van der Waals surface area contributed by atoms with Crippen molar-refractivity contribution in [2.75, 3.05) is 6.61 Å². The highest BCUT2D eigenvalue weighted by atomic mass is 79.9. The molecule has 4 nitrogen and oxygen atoms in total. The Morgan fingerprint density at radius 1 is 1.38 bits per heavy atom. The van der Waals surface area contributed by atoms with Crippen LogP contribution in [0.3, 0.4) is 0 Å². The second kappa shape index (κ2) is 7.31. The fourth-order valence-corrected chi connectivity index (χ4v) is 2.30. The van der Waals surface area contributed by atoms with Gasteiger partial charge in [-0.3, -0.25) is 4.79 Å². The van der Waals surface area contributed by atoms with E-state index in [4.69, 9.17) is 9.15 Å². The van der Waals surface area contributed by atoms with Crippen LogP contribution in [0.2, 0.25) is 0 Å². The van der Waals surface area contributed by atoms with Gasteiger partial charge in [0.2, 0.25) is 0 Å². The number of benzene rings is 1. The number of furan rings is 1. The molecule has 0 spiro atoms. The maximum Gasteiger partial charge on any atom is 0.258 e. The molecule has 0 aliphatic carbocycles. The smallest absolute Gasteiger partial charge is 0.258 e. The fourth-order valence-electron chi connectivity index (χ4n) is 1.79. The Morgan fingerprint density at radius 3 is 2.81 bits per heavy atom. The highest BCUT2D eigenvalue weighted by Gasteiger charge is 2.08. The van der Waals surface area contributed by atoms with Crippen molar-refractivity contribution in [1.29, 1.82) is 0 Å². The van der Waals surface area contributed by atoms with Crippen molar-refractivity contribution in [1.82, 2.24) is 5.32 Å². The molecule has 0 radical (unpaired) electrons. The van der Waals surface area contributed by atoms with Crippen LogP contribution < -0.4 is 10.1 Å². The second-order valence-electron chi connectivity index (χ2n) is 4.99. The van der Waals surface area contributed by atoms with Gasteiger partial charge >= 0.3 is 0 Å². The lowest BCUT2D eigenvalue weighted by Gasteiger charge is -2.11. The third-order valence-corrected chi connectivity index (χ3v) is 3.64. The van der Waals surface area contributed by atoms with E-state index in [1.165, 1.54) is 5.56 Å². The normalized spacial score (nSPS) is 10.7. The summed E-state index contributed by atoms with van der Waals surface area (Å²) in [6.45, 7) is 4.59. The summed E-state index contributed by atoms with van der Waals surface area (Å²) in [5, 5.41) is 2.73. The molecule has 0 saturated heterocycles. The Morgan fingerprint density at radius 2 is 2.19 bits per heavy atom. The van der Waals surface area contributed by atoms with Crippen LogP contribution in [0.15, 0.2) is 45.5 Å². The number of amides is 1. The summed E-state index contributed by atoms with van der Waals surface area (Å²) in [5.74, 6) is 1.64. The largest absolute Gasteiger partial charge is 0.483 e. The van der Waals surface area contributed by atoms with Crippen LogP contribution in [0.1, 0.15) is 31.1 Å². The highest BCUT2D eigenvalue weighted by molar-refractivity contribution is 9.10. The minimum atomic E-state index is -0.189. The molecule has 2 aromatic rings. The molecule has 5 heteroatoms. The average molecular weight is 352 g/mol. The van der Waals surface area contributed by atoms with E-state index >= 15 is 0 Å². The minimum Gasteiger partial charge on any atom is -0.483 e. The van der Waals surface area contributed by atoms with Crippen molar-refractivity contribution in [3.05, 3.63) is 52.4 Å². The van der Waals surface area contributed by atoms with E-state index < -0.39 is 0 Å². The van der Waals surface area contributed by atoms with Gasteiger partial charge in [0.15, 0.2) is 6.61 Å². The standard InChI is InChI=1S/C16H18BrNO3/c1-11(2)12-5-6-15(14(17)8-12)21-10-16(19)18-9-13-4-3-7-20-13/h3-8,11H,9-10H2,1-2H3,(H,18,19). The van der Waals surface area contributed by atoms with Crippen LogP contribution in [0.25, 0.3) is 0 Å². The summed E-state index contributed by atoms with van der Waals surface area (Å²) in [5.41, 5.74) is 1.22. The number of carbonyl (C=O) groups excluding carboxylic acids is 1. The van der Waals surface area contributed by atoms with Crippen LogP contribution in [0, 0.1) is 0 Å². The zero-order valence-electron chi connectivity index (χ0n) is 12.1. The molecule has 1 N–H and O–H groups in total. The maximum absolute atomic E-state index is 11.7. The first-order valence-corrected chi connectivity index (χ1v) is 7.57. The zero-order valence-corrected chi connectivity index (χ0v) is 13.6. The summed E-state index contributed by atoms with van der Waals surface area (Å²) in [6.07, 6.45) is 1.57. The van der Waals surface area contributed by atoms with Gasteiger partial charge in [0.1, 0.15) is 11.5 Å². The van der Waals surface area contributed by atoms with E-state index in [-0.39, 0.29) is 12.5 Å². The Bertz CT molecular complexity index is 594. The van der Waals surface area contributed by atoms with Crippen molar-refractivity contribution in [3.63, 3.8) is 0 Å². The first-order valence-electron chi connectivity index (χ1n) is 6.77. The molecule has 0 unspecified atom stereocenters. The van der Waals surface area contributed by atoms with E-state index in [0.717, 1.165) is 4.47 Å². The number of hydrogen-bond acceptors (Lipinski definition) is 3. The van der Waals surface area contributed by atoms with E-state index in [1.807, 2.05) is 24.3 Å². The van der Waals surface area contributed by atoms with Gasteiger partial charge in [-0.2, -0.15) is 0 Å². The molecule has 21 heavy (non-hydrogen) atoms. The summed E-state index contributed by atoms with van der Waals surface area (Å²) in [6, 6.07) is 9.49. The van der Waals surface area contributed by atoms with Gasteiger partial charge in [0.25, 0.3) is 5.91 Å². The number of hydrogen-bond donors (Lipinski definition) is 1. The van der Waals surface area contributed by atoms with Gasteiger partial charge in [0.05, 0.1) is 17.3 Å². The van der Waals surface area contributed by atoms with Crippen molar-refractivity contribution < 1.29 is 13.9 Å². The van der Waals surface area contributed by atoms with Crippen molar-refractivity contribution >= 4 is 21.8 Å². The van der Waals surface area contributed by atoms with E-state index in [2.05, 4.69) is 35.1 Å². The predicted octanol–water partition coefficient (Wildman–Crippen LogP) is 3.86. The van der Waals surface area contributed by atoms with Crippen molar-refractivity contribution in [3.8, 4) is 5.75 Å². The topological polar surface area (TPSA) is 51.5 Å². The molecule has 0 fully saturated rings. The van der Waals surface area contributed by atoms with E-state index in [1.54, 1.807) is 12.3 Å². The molecule has 0 aliphatic heterocycles. The first kappa shape index (κ1) is 15.6. The highest BCUT2D eigenvalue weighted by Crippen LogP contribution is 2.28. The molecular formula is C16H18BrNO3. The molecule has 1 amide bonds. The molecule has 1 aromatic carbocycles. The summed E-state index contributed by atoms with van der Waals surface area (Å²) in [4.78, 5) is 11.7. The van der Waals surface area contributed by atoms with Crippen molar-refractivity contribution in [2.24, 2.45) is 0 Å². The molecule has 0 atom stereocenters. The molecule has 2 rings (SSSR count). The van der Waals surface area contributed by atoms with Crippen LogP contribution >= 0.6 is 15.9 Å². The van der Waals surface area contributed by atoms with Gasteiger partial charge in [-0.25, -0.2) is 0 Å². The third kappa shape index (κ3) is 4.63. The molecule has 112 valence electrons. The fraction of sp³-hybridized carbons (Fsp3) is 0.312. The number of rotatable bonds is 6. The quantitative estimate of drug-likeness (QED) is 0.859. The second-order valence-corrected chi connectivity index (χ2v) is 5.84. The van der Waals surface area contributed by atoms with Gasteiger partial charge in [-0.1, -0.05) is 19.9 Å². The van der Waals surface area contributed by atoms with Crippen LogP contribution in [-0.2, 0) is 11.3 Å². The molecule has 1 aromatic heterocycles. The van der Waals surface area contributed by atoms with Crippen LogP contribution in [-0.4, -0.2) is 12.5 Å². The molecule has 1 heterocycles. The first-order chi connectivity index (χ1) is 10.1. The summed E-state index contributed by atoms with van der Waals surface area (Å²) in [7, 11) is 0. The van der Waals surface area contributed by atoms with E-state index in [9.17, 15) is 4.79 Å². The summed E-state index contributed by atoms with van der Waals surface area (Å²) >= 11 is 3.46. The zero-order chi connectivity index (χ0) is 15.2. The molecule has 0 aliphatic rings. The molecular weight excluding hydrogens is 334 g/mol. The lowest BCUT2D eigenvalue weighted by Crippen LogP contribution is -2.28. The lowest BCUT2D eigenvalue weighted by molar-refractivity contribution is -0.123. The van der Waals surface area contributed by atoms with Gasteiger partial charge in [-0.05, 0) is 51.7 Å².